The van der Waals surface area contributed by atoms with Crippen LogP contribution in [-0.4, -0.2) is 46.1 Å². The molecule has 2 aliphatic heterocycles. The maximum absolute atomic E-state index is 13.0. The lowest BCUT2D eigenvalue weighted by atomic mass is 9.90. The maximum atomic E-state index is 13.0. The third-order valence-corrected chi connectivity index (χ3v) is 7.11. The van der Waals surface area contributed by atoms with E-state index >= 15 is 0 Å². The second-order valence-corrected chi connectivity index (χ2v) is 8.99. The number of nitrogens with zero attached hydrogens (tertiary/aromatic N) is 3. The lowest BCUT2D eigenvalue weighted by Crippen LogP contribution is -2.40. The van der Waals surface area contributed by atoms with Crippen molar-refractivity contribution >= 4 is 17.5 Å². The van der Waals surface area contributed by atoms with E-state index in [1.54, 1.807) is 18.6 Å². The second-order valence-electron chi connectivity index (χ2n) is 8.99. The molecule has 8 nitrogen and oxygen atoms in total. The van der Waals surface area contributed by atoms with Gasteiger partial charge in [-0.05, 0) is 61.1 Å². The van der Waals surface area contributed by atoms with Crippen LogP contribution in [0, 0.1) is 11.3 Å². The summed E-state index contributed by atoms with van der Waals surface area (Å²) in [4.78, 5) is 31.8. The van der Waals surface area contributed by atoms with Crippen LogP contribution in [0.4, 0.5) is 5.69 Å². The number of rotatable bonds is 4. The summed E-state index contributed by atoms with van der Waals surface area (Å²) in [6.45, 7) is 1.56. The molecule has 0 radical (unpaired) electrons. The summed E-state index contributed by atoms with van der Waals surface area (Å²) in [5, 5.41) is 3.02. The largest absolute Gasteiger partial charge is 0.454 e. The molecule has 1 atom stereocenters. The van der Waals surface area contributed by atoms with E-state index in [2.05, 4.69) is 10.3 Å². The number of aromatic nitrogens is 2. The Morgan fingerprint density at radius 1 is 1.03 bits per heavy atom. The van der Waals surface area contributed by atoms with Crippen molar-refractivity contribution < 1.29 is 19.1 Å². The summed E-state index contributed by atoms with van der Waals surface area (Å²) < 4.78 is 12.6. The number of benzene rings is 2. The van der Waals surface area contributed by atoms with Gasteiger partial charge in [-0.1, -0.05) is 0 Å². The lowest BCUT2D eigenvalue weighted by Gasteiger charge is -2.33. The van der Waals surface area contributed by atoms with Gasteiger partial charge in [0.1, 0.15) is 0 Å². The molecule has 6 rings (SSSR count). The molecule has 1 saturated carbocycles. The monoisotopic (exact) mass is 444 g/mol. The van der Waals surface area contributed by atoms with Gasteiger partial charge in [0.05, 0.1) is 6.33 Å². The zero-order valence-corrected chi connectivity index (χ0v) is 18.1. The number of carbonyl (C=O) groups excluding carboxylic acids is 2. The number of fused-ring (bicyclic) bond motifs is 1. The van der Waals surface area contributed by atoms with Crippen molar-refractivity contribution in [2.75, 3.05) is 25.2 Å². The highest BCUT2D eigenvalue weighted by Crippen LogP contribution is 2.59. The fourth-order valence-electron chi connectivity index (χ4n) is 5.00. The van der Waals surface area contributed by atoms with Crippen LogP contribution in [0.2, 0.25) is 0 Å². The van der Waals surface area contributed by atoms with Crippen molar-refractivity contribution in [2.45, 2.75) is 19.3 Å². The highest BCUT2D eigenvalue weighted by Gasteiger charge is 2.58. The van der Waals surface area contributed by atoms with Crippen LogP contribution in [0.1, 0.15) is 29.6 Å². The highest BCUT2D eigenvalue weighted by atomic mass is 16.7. The Hall–Kier alpha value is -3.81. The van der Waals surface area contributed by atoms with Crippen molar-refractivity contribution in [1.82, 2.24) is 14.5 Å². The molecule has 2 aromatic carbocycles. The molecule has 1 aromatic heterocycles. The quantitative estimate of drug-likeness (QED) is 0.666. The number of ether oxygens (including phenoxy) is 2. The molecule has 2 amide bonds. The summed E-state index contributed by atoms with van der Waals surface area (Å²) in [6, 6.07) is 13.0. The van der Waals surface area contributed by atoms with Crippen molar-refractivity contribution in [1.29, 1.82) is 0 Å². The maximum Gasteiger partial charge on any atom is 0.253 e. The Bertz CT molecular complexity index is 1200. The van der Waals surface area contributed by atoms with E-state index in [-0.39, 0.29) is 29.9 Å². The Labute approximate surface area is 191 Å². The van der Waals surface area contributed by atoms with Gasteiger partial charge in [0.25, 0.3) is 5.91 Å². The van der Waals surface area contributed by atoms with Gasteiger partial charge in [-0.25, -0.2) is 4.98 Å². The predicted octanol–water partition coefficient (Wildman–Crippen LogP) is 3.48. The first-order valence-corrected chi connectivity index (χ1v) is 11.2. The molecule has 3 aromatic rings. The molecule has 3 heterocycles. The Kier molecular flexibility index (Phi) is 4.60. The number of nitrogens with one attached hydrogen (secondary N) is 1. The lowest BCUT2D eigenvalue weighted by molar-refractivity contribution is -0.118. The third kappa shape index (κ3) is 3.61. The molecule has 1 N–H and O–H groups in total. The van der Waals surface area contributed by atoms with Gasteiger partial charge in [-0.3, -0.25) is 9.59 Å². The first-order valence-electron chi connectivity index (χ1n) is 11.2. The van der Waals surface area contributed by atoms with Gasteiger partial charge in [-0.2, -0.15) is 0 Å². The minimum absolute atomic E-state index is 0.00496. The molecule has 1 saturated heterocycles. The molecule has 2 fully saturated rings. The van der Waals surface area contributed by atoms with Crippen LogP contribution in [0.15, 0.2) is 61.2 Å². The van der Waals surface area contributed by atoms with Crippen LogP contribution in [0.25, 0.3) is 5.69 Å². The molecule has 3 aliphatic rings. The van der Waals surface area contributed by atoms with Gasteiger partial charge in [0, 0.05) is 54.4 Å². The molecule has 8 heteroatoms. The average molecular weight is 444 g/mol. The van der Waals surface area contributed by atoms with Crippen molar-refractivity contribution in [3.63, 3.8) is 0 Å². The van der Waals surface area contributed by atoms with Crippen LogP contribution in [0.5, 0.6) is 11.5 Å². The van der Waals surface area contributed by atoms with E-state index in [0.29, 0.717) is 30.2 Å². The SMILES string of the molecule is O=C(Nc1ccc2c(c1)OCO2)[C@H]1CC12CCN(C(=O)c1ccc(-n3ccnc3)cc1)CC2. The van der Waals surface area contributed by atoms with Crippen LogP contribution < -0.4 is 14.8 Å². The molecule has 168 valence electrons. The minimum Gasteiger partial charge on any atom is -0.454 e. The molecule has 1 spiro atoms. The van der Waals surface area contributed by atoms with Crippen molar-refractivity contribution in [2.24, 2.45) is 11.3 Å². The molecule has 0 unspecified atom stereocenters. The fourth-order valence-corrected chi connectivity index (χ4v) is 5.00. The van der Waals surface area contributed by atoms with Gasteiger partial charge >= 0.3 is 0 Å². The number of carbonyl (C=O) groups is 2. The standard InChI is InChI=1S/C25H24N4O4/c30-23(27-18-3-6-21-22(13-18)33-16-32-21)20-14-25(20)7-10-28(11-8-25)24(31)17-1-4-19(5-2-17)29-12-9-26-15-29/h1-6,9,12-13,15,20H,7-8,10-11,14,16H2,(H,27,30)/t20-/m1/s1. The molecule has 1 aliphatic carbocycles. The second kappa shape index (κ2) is 7.65. The smallest absolute Gasteiger partial charge is 0.253 e. The summed E-state index contributed by atoms with van der Waals surface area (Å²) in [7, 11) is 0. The third-order valence-electron chi connectivity index (χ3n) is 7.11. The molecular formula is C25H24N4O4. The Morgan fingerprint density at radius 2 is 1.82 bits per heavy atom. The average Bonchev–Trinajstić information content (AvgIpc) is 3.21. The topological polar surface area (TPSA) is 85.7 Å². The normalized spacial score (nSPS) is 20.0. The van der Waals surface area contributed by atoms with Gasteiger partial charge < -0.3 is 24.3 Å². The van der Waals surface area contributed by atoms with Crippen LogP contribution in [-0.2, 0) is 4.79 Å². The van der Waals surface area contributed by atoms with Crippen molar-refractivity contribution in [3.8, 4) is 17.2 Å². The van der Waals surface area contributed by atoms with Crippen LogP contribution in [0.3, 0.4) is 0 Å². The van der Waals surface area contributed by atoms with E-state index in [0.717, 1.165) is 30.6 Å². The van der Waals surface area contributed by atoms with Crippen molar-refractivity contribution in [3.05, 3.63) is 66.7 Å². The minimum atomic E-state index is -0.00496. The molecule has 33 heavy (non-hydrogen) atoms. The summed E-state index contributed by atoms with van der Waals surface area (Å²) in [5.41, 5.74) is 2.39. The first-order chi connectivity index (χ1) is 16.1. The van der Waals surface area contributed by atoms with Crippen LogP contribution >= 0.6 is 0 Å². The zero-order valence-electron chi connectivity index (χ0n) is 18.1. The number of amides is 2. The van der Waals surface area contributed by atoms with E-state index in [4.69, 9.17) is 9.47 Å². The van der Waals surface area contributed by atoms with Gasteiger partial charge in [0.15, 0.2) is 11.5 Å². The number of hydrogen-bond donors (Lipinski definition) is 1. The molecule has 0 bridgehead atoms. The number of anilines is 1. The number of hydrogen-bond acceptors (Lipinski definition) is 5. The van der Waals surface area contributed by atoms with E-state index < -0.39 is 0 Å². The summed E-state index contributed by atoms with van der Waals surface area (Å²) >= 11 is 0. The number of piperidine rings is 1. The van der Waals surface area contributed by atoms with E-state index in [9.17, 15) is 9.59 Å². The summed E-state index contributed by atoms with van der Waals surface area (Å²) in [5.74, 6) is 1.44. The first kappa shape index (κ1) is 19.8. The van der Waals surface area contributed by atoms with Gasteiger partial charge in [-0.15, -0.1) is 0 Å². The molecular weight excluding hydrogens is 420 g/mol. The number of likely N-dealkylation sites (tertiary alicyclic amines) is 1. The Morgan fingerprint density at radius 3 is 2.58 bits per heavy atom. The zero-order chi connectivity index (χ0) is 22.4. The van der Waals surface area contributed by atoms with E-state index in [1.165, 1.54) is 0 Å². The fraction of sp³-hybridized carbons (Fsp3) is 0.320. The predicted molar refractivity (Wildman–Crippen MR) is 120 cm³/mol. The number of imidazole rings is 1. The van der Waals surface area contributed by atoms with Gasteiger partial charge in [0.2, 0.25) is 12.7 Å². The summed E-state index contributed by atoms with van der Waals surface area (Å²) in [6.07, 6.45) is 7.91. The Balaban J connectivity index is 1.05. The van der Waals surface area contributed by atoms with E-state index in [1.807, 2.05) is 52.1 Å². The highest BCUT2D eigenvalue weighted by molar-refractivity contribution is 5.96.